The van der Waals surface area contributed by atoms with E-state index in [4.69, 9.17) is 16.3 Å². The first-order valence-corrected chi connectivity index (χ1v) is 7.98. The van der Waals surface area contributed by atoms with Crippen LogP contribution in [0.4, 0.5) is 0 Å². The molecular weight excluding hydrogens is 304 g/mol. The number of carbonyl (C=O) groups is 1. The van der Waals surface area contributed by atoms with Crippen molar-refractivity contribution in [3.05, 3.63) is 28.7 Å². The van der Waals surface area contributed by atoms with Crippen LogP contribution in [0.3, 0.4) is 0 Å². The summed E-state index contributed by atoms with van der Waals surface area (Å²) in [6, 6.07) is 0. The highest BCUT2D eigenvalue weighted by Crippen LogP contribution is 2.27. The number of carbonyl (C=O) groups excluding carboxylic acids is 1. The van der Waals surface area contributed by atoms with Crippen molar-refractivity contribution in [1.29, 1.82) is 0 Å². The molecule has 0 aromatic carbocycles. The van der Waals surface area contributed by atoms with Crippen LogP contribution in [0.25, 0.3) is 0 Å². The van der Waals surface area contributed by atoms with Gasteiger partial charge in [-0.2, -0.15) is 5.10 Å². The number of nitrogens with zero attached hydrogens (tertiary/aromatic N) is 4. The van der Waals surface area contributed by atoms with E-state index < -0.39 is 0 Å². The van der Waals surface area contributed by atoms with Crippen LogP contribution in [0.2, 0.25) is 5.02 Å². The minimum absolute atomic E-state index is 0.101. The summed E-state index contributed by atoms with van der Waals surface area (Å²) in [5.74, 6) is -0.101. The zero-order valence-electron chi connectivity index (χ0n) is 12.8. The van der Waals surface area contributed by atoms with Gasteiger partial charge in [-0.25, -0.2) is 0 Å². The first-order chi connectivity index (χ1) is 10.6. The summed E-state index contributed by atoms with van der Waals surface area (Å²) >= 11 is 6.48. The largest absolute Gasteiger partial charge is 0.378 e. The van der Waals surface area contributed by atoms with Crippen molar-refractivity contribution in [2.45, 2.75) is 26.4 Å². The molecule has 0 atom stereocenters. The highest BCUT2D eigenvalue weighted by molar-refractivity contribution is 6.34. The van der Waals surface area contributed by atoms with Crippen molar-refractivity contribution in [1.82, 2.24) is 19.6 Å². The van der Waals surface area contributed by atoms with E-state index in [0.29, 0.717) is 43.6 Å². The van der Waals surface area contributed by atoms with Crippen LogP contribution in [-0.2, 0) is 17.8 Å². The zero-order valence-corrected chi connectivity index (χ0v) is 13.6. The van der Waals surface area contributed by atoms with Crippen LogP contribution in [0.5, 0.6) is 0 Å². The highest BCUT2D eigenvalue weighted by atomic mass is 35.5. The average Bonchev–Trinajstić information content (AvgIpc) is 2.71. The van der Waals surface area contributed by atoms with Gasteiger partial charge in [0, 0.05) is 31.9 Å². The number of halogens is 1. The quantitative estimate of drug-likeness (QED) is 0.831. The number of hydrogen-bond donors (Lipinski definition) is 0. The number of morpholine rings is 1. The number of fused-ring (bicyclic) bond motifs is 1. The first kappa shape index (κ1) is 15.4. The molecule has 1 aromatic rings. The van der Waals surface area contributed by atoms with E-state index in [1.807, 2.05) is 11.6 Å². The fourth-order valence-corrected chi connectivity index (χ4v) is 3.14. The molecule has 1 amide bonds. The molecule has 0 unspecified atom stereocenters. The van der Waals surface area contributed by atoms with Crippen LogP contribution in [0.1, 0.15) is 29.5 Å². The number of aryl methyl sites for hydroxylation is 1. The van der Waals surface area contributed by atoms with E-state index in [1.54, 1.807) is 4.90 Å². The maximum absolute atomic E-state index is 12.6. The fourth-order valence-electron chi connectivity index (χ4n) is 2.86. The average molecular weight is 325 g/mol. The standard InChI is InChI=1S/C15H21ClN4O2/c1-11(2)19-4-3-5-20-12(10-19)13(16)14(17-20)15(21)18-6-8-22-9-7-18/h1,3-10H2,2H3. The number of aromatic nitrogens is 2. The van der Waals surface area contributed by atoms with E-state index in [-0.39, 0.29) is 5.91 Å². The summed E-state index contributed by atoms with van der Waals surface area (Å²) in [5.41, 5.74) is 2.27. The summed E-state index contributed by atoms with van der Waals surface area (Å²) in [6.07, 6.45) is 0.961. The van der Waals surface area contributed by atoms with Gasteiger partial charge in [0.1, 0.15) is 0 Å². The number of ether oxygens (including phenoxy) is 1. The van der Waals surface area contributed by atoms with Crippen LogP contribution in [0, 0.1) is 0 Å². The van der Waals surface area contributed by atoms with Crippen LogP contribution in [-0.4, -0.2) is 58.3 Å². The van der Waals surface area contributed by atoms with Gasteiger partial charge in [-0.15, -0.1) is 0 Å². The second-order valence-corrected chi connectivity index (χ2v) is 6.13. The van der Waals surface area contributed by atoms with Crippen molar-refractivity contribution in [2.75, 3.05) is 32.8 Å². The van der Waals surface area contributed by atoms with Gasteiger partial charge in [-0.1, -0.05) is 18.2 Å². The molecule has 6 nitrogen and oxygen atoms in total. The van der Waals surface area contributed by atoms with Crippen molar-refractivity contribution < 1.29 is 9.53 Å². The minimum Gasteiger partial charge on any atom is -0.378 e. The lowest BCUT2D eigenvalue weighted by molar-refractivity contribution is 0.0298. The molecule has 0 radical (unpaired) electrons. The fraction of sp³-hybridized carbons (Fsp3) is 0.600. The van der Waals surface area contributed by atoms with Crippen molar-refractivity contribution in [3.8, 4) is 0 Å². The third-order valence-corrected chi connectivity index (χ3v) is 4.57. The predicted octanol–water partition coefficient (Wildman–Crippen LogP) is 1.75. The summed E-state index contributed by atoms with van der Waals surface area (Å²) in [5, 5.41) is 4.95. The second kappa shape index (κ2) is 6.30. The van der Waals surface area contributed by atoms with E-state index in [1.165, 1.54) is 0 Å². The van der Waals surface area contributed by atoms with Crippen molar-refractivity contribution >= 4 is 17.5 Å². The molecule has 120 valence electrons. The lowest BCUT2D eigenvalue weighted by Crippen LogP contribution is -2.41. The smallest absolute Gasteiger partial charge is 0.276 e. The van der Waals surface area contributed by atoms with Gasteiger partial charge in [-0.05, 0) is 13.3 Å². The third-order valence-electron chi connectivity index (χ3n) is 4.17. The molecule has 22 heavy (non-hydrogen) atoms. The lowest BCUT2D eigenvalue weighted by Gasteiger charge is -2.26. The van der Waals surface area contributed by atoms with Crippen LogP contribution in [0.15, 0.2) is 12.3 Å². The van der Waals surface area contributed by atoms with E-state index >= 15 is 0 Å². The maximum atomic E-state index is 12.6. The van der Waals surface area contributed by atoms with E-state index in [9.17, 15) is 4.79 Å². The molecule has 1 aromatic heterocycles. The number of rotatable bonds is 2. The zero-order chi connectivity index (χ0) is 15.7. The second-order valence-electron chi connectivity index (χ2n) is 5.75. The predicted molar refractivity (Wildman–Crippen MR) is 83.8 cm³/mol. The Kier molecular flexibility index (Phi) is 4.40. The van der Waals surface area contributed by atoms with E-state index in [2.05, 4.69) is 16.6 Å². The Bertz CT molecular complexity index is 593. The molecule has 0 N–H and O–H groups in total. The molecule has 0 bridgehead atoms. The third kappa shape index (κ3) is 2.85. The summed E-state index contributed by atoms with van der Waals surface area (Å²) < 4.78 is 7.16. The number of allylic oxidation sites excluding steroid dienone is 1. The summed E-state index contributed by atoms with van der Waals surface area (Å²) in [4.78, 5) is 16.6. The van der Waals surface area contributed by atoms with Gasteiger partial charge in [0.05, 0.1) is 30.5 Å². The number of hydrogen-bond acceptors (Lipinski definition) is 4. The van der Waals surface area contributed by atoms with Gasteiger partial charge >= 0.3 is 0 Å². The van der Waals surface area contributed by atoms with Gasteiger partial charge in [0.25, 0.3) is 5.91 Å². The Morgan fingerprint density at radius 2 is 1.95 bits per heavy atom. The topological polar surface area (TPSA) is 50.6 Å². The Labute approximate surface area is 135 Å². The van der Waals surface area contributed by atoms with Gasteiger partial charge in [0.15, 0.2) is 5.69 Å². The molecule has 1 saturated heterocycles. The molecule has 3 heterocycles. The molecule has 1 fully saturated rings. The molecule has 7 heteroatoms. The molecule has 0 aliphatic carbocycles. The Morgan fingerprint density at radius 1 is 1.23 bits per heavy atom. The van der Waals surface area contributed by atoms with Gasteiger partial charge in [0.2, 0.25) is 0 Å². The molecule has 2 aliphatic heterocycles. The molecule has 0 saturated carbocycles. The Hall–Kier alpha value is -1.53. The first-order valence-electron chi connectivity index (χ1n) is 7.60. The van der Waals surface area contributed by atoms with Crippen LogP contribution >= 0.6 is 11.6 Å². The normalized spacial score (nSPS) is 18.8. The number of amides is 1. The highest BCUT2D eigenvalue weighted by Gasteiger charge is 2.28. The van der Waals surface area contributed by atoms with Crippen molar-refractivity contribution in [2.24, 2.45) is 0 Å². The maximum Gasteiger partial charge on any atom is 0.276 e. The van der Waals surface area contributed by atoms with Gasteiger partial charge in [-0.3, -0.25) is 9.48 Å². The molecule has 0 spiro atoms. The van der Waals surface area contributed by atoms with E-state index in [0.717, 1.165) is 30.9 Å². The molecule has 2 aliphatic rings. The monoisotopic (exact) mass is 324 g/mol. The van der Waals surface area contributed by atoms with Crippen molar-refractivity contribution in [3.63, 3.8) is 0 Å². The molecular formula is C15H21ClN4O2. The summed E-state index contributed by atoms with van der Waals surface area (Å²) in [6.45, 7) is 10.7. The molecule has 3 rings (SSSR count). The van der Waals surface area contributed by atoms with Crippen LogP contribution < -0.4 is 0 Å². The van der Waals surface area contributed by atoms with Gasteiger partial charge < -0.3 is 14.5 Å². The Morgan fingerprint density at radius 3 is 2.64 bits per heavy atom. The Balaban J connectivity index is 1.87. The SMILES string of the molecule is C=C(C)N1CCCn2nc(C(=O)N3CCOCC3)c(Cl)c2C1. The lowest BCUT2D eigenvalue weighted by atomic mass is 10.2. The minimum atomic E-state index is -0.101. The summed E-state index contributed by atoms with van der Waals surface area (Å²) in [7, 11) is 0.